The highest BCUT2D eigenvalue weighted by Crippen LogP contribution is 2.36. The molecule has 0 saturated carbocycles. The number of hydrogen-bond acceptors (Lipinski definition) is 4. The van der Waals surface area contributed by atoms with Gasteiger partial charge in [0.05, 0.1) is 35.7 Å². The fraction of sp³-hybridized carbons (Fsp3) is 0.143. The van der Waals surface area contributed by atoms with E-state index in [0.717, 1.165) is 46.3 Å². The standard InChI is InChI=1S/C21H16N4O/c22-11-13-1-4-17-14(9-13)2-5-19(17)23-16-3-6-20-18(10-16)21(25-24-20)15-7-8-26-12-15/h1,3-4,6-10,12,19,23H,2,5H2,(H,24,25)/t19-/m1/s1. The summed E-state index contributed by atoms with van der Waals surface area (Å²) in [5.74, 6) is 0. The number of aryl methyl sites for hydroxylation is 1. The number of aromatic nitrogens is 2. The van der Waals surface area contributed by atoms with Crippen molar-refractivity contribution in [2.24, 2.45) is 0 Å². The maximum Gasteiger partial charge on any atom is 0.103 e. The third-order valence-electron chi connectivity index (χ3n) is 5.05. The second-order valence-corrected chi connectivity index (χ2v) is 6.61. The zero-order valence-corrected chi connectivity index (χ0v) is 14.0. The first-order chi connectivity index (χ1) is 12.8. The van der Waals surface area contributed by atoms with Crippen molar-refractivity contribution in [3.05, 3.63) is 71.7 Å². The fourth-order valence-corrected chi connectivity index (χ4v) is 3.76. The molecule has 2 heterocycles. The summed E-state index contributed by atoms with van der Waals surface area (Å²) in [6, 6.07) is 16.6. The van der Waals surface area contributed by atoms with E-state index in [1.54, 1.807) is 12.5 Å². The second kappa shape index (κ2) is 5.78. The Bertz CT molecular complexity index is 1130. The van der Waals surface area contributed by atoms with Crippen molar-refractivity contribution in [1.29, 1.82) is 5.26 Å². The van der Waals surface area contributed by atoms with E-state index in [2.05, 4.69) is 39.8 Å². The molecule has 126 valence electrons. The van der Waals surface area contributed by atoms with Crippen LogP contribution in [0.4, 0.5) is 5.69 Å². The highest BCUT2D eigenvalue weighted by molar-refractivity contribution is 5.94. The molecule has 0 unspecified atom stereocenters. The van der Waals surface area contributed by atoms with Crippen LogP contribution in [0.2, 0.25) is 0 Å². The predicted octanol–water partition coefficient (Wildman–Crippen LogP) is 4.79. The Hall–Kier alpha value is -3.52. The van der Waals surface area contributed by atoms with Crippen molar-refractivity contribution in [2.75, 3.05) is 5.32 Å². The average Bonchev–Trinajstić information content (AvgIpc) is 3.40. The van der Waals surface area contributed by atoms with Crippen molar-refractivity contribution in [1.82, 2.24) is 10.2 Å². The van der Waals surface area contributed by atoms with Crippen molar-refractivity contribution in [2.45, 2.75) is 18.9 Å². The van der Waals surface area contributed by atoms with E-state index < -0.39 is 0 Å². The van der Waals surface area contributed by atoms with Crippen LogP contribution in [0.3, 0.4) is 0 Å². The van der Waals surface area contributed by atoms with Crippen LogP contribution in [-0.4, -0.2) is 10.2 Å². The Morgan fingerprint density at radius 1 is 1.19 bits per heavy atom. The number of rotatable bonds is 3. The Morgan fingerprint density at radius 2 is 2.15 bits per heavy atom. The normalized spacial score (nSPS) is 15.7. The van der Waals surface area contributed by atoms with Crippen molar-refractivity contribution < 1.29 is 4.42 Å². The molecule has 0 amide bonds. The molecule has 1 atom stereocenters. The molecule has 0 spiro atoms. The fourth-order valence-electron chi connectivity index (χ4n) is 3.76. The highest BCUT2D eigenvalue weighted by Gasteiger charge is 2.22. The molecule has 4 aromatic rings. The minimum Gasteiger partial charge on any atom is -0.472 e. The lowest BCUT2D eigenvalue weighted by atomic mass is 10.0. The van der Waals surface area contributed by atoms with Gasteiger partial charge >= 0.3 is 0 Å². The van der Waals surface area contributed by atoms with Crippen LogP contribution in [0.15, 0.2) is 59.4 Å². The largest absolute Gasteiger partial charge is 0.472 e. The van der Waals surface area contributed by atoms with Gasteiger partial charge < -0.3 is 9.73 Å². The lowest BCUT2D eigenvalue weighted by Gasteiger charge is -2.16. The SMILES string of the molecule is N#Cc1ccc2c(c1)CC[C@H]2Nc1ccc2[nH]nc(-c3ccoc3)c2c1. The summed E-state index contributed by atoms with van der Waals surface area (Å²) in [5.41, 5.74) is 7.19. The quantitative estimate of drug-likeness (QED) is 0.562. The number of anilines is 1. The Kier molecular flexibility index (Phi) is 3.29. The van der Waals surface area contributed by atoms with E-state index in [1.807, 2.05) is 24.3 Å². The third-order valence-corrected chi connectivity index (χ3v) is 5.05. The molecule has 0 radical (unpaired) electrons. The lowest BCUT2D eigenvalue weighted by molar-refractivity contribution is 0.568. The molecule has 5 heteroatoms. The van der Waals surface area contributed by atoms with Gasteiger partial charge in [0.25, 0.3) is 0 Å². The zero-order chi connectivity index (χ0) is 17.5. The van der Waals surface area contributed by atoms with E-state index >= 15 is 0 Å². The number of nitriles is 1. The van der Waals surface area contributed by atoms with Crippen LogP contribution in [0.1, 0.15) is 29.2 Å². The van der Waals surface area contributed by atoms with E-state index in [4.69, 9.17) is 9.68 Å². The number of furan rings is 1. The molecule has 2 aromatic heterocycles. The lowest BCUT2D eigenvalue weighted by Crippen LogP contribution is -2.06. The summed E-state index contributed by atoms with van der Waals surface area (Å²) in [5, 5.41) is 21.3. The summed E-state index contributed by atoms with van der Waals surface area (Å²) in [6.07, 6.45) is 5.39. The molecule has 0 bridgehead atoms. The van der Waals surface area contributed by atoms with E-state index in [1.165, 1.54) is 11.1 Å². The van der Waals surface area contributed by atoms with Crippen LogP contribution in [0, 0.1) is 11.3 Å². The Morgan fingerprint density at radius 3 is 3.00 bits per heavy atom. The molecule has 1 aliphatic rings. The number of H-pyrrole nitrogens is 1. The van der Waals surface area contributed by atoms with Gasteiger partial charge in [0, 0.05) is 16.6 Å². The van der Waals surface area contributed by atoms with Gasteiger partial charge in [0.1, 0.15) is 5.69 Å². The number of hydrogen-bond donors (Lipinski definition) is 2. The summed E-state index contributed by atoms with van der Waals surface area (Å²) in [7, 11) is 0. The molecule has 5 nitrogen and oxygen atoms in total. The van der Waals surface area contributed by atoms with Gasteiger partial charge in [-0.05, 0) is 60.4 Å². The van der Waals surface area contributed by atoms with Gasteiger partial charge in [-0.2, -0.15) is 10.4 Å². The number of aromatic amines is 1. The van der Waals surface area contributed by atoms with Gasteiger partial charge in [-0.3, -0.25) is 5.10 Å². The minimum absolute atomic E-state index is 0.263. The summed E-state index contributed by atoms with van der Waals surface area (Å²) in [6.45, 7) is 0. The van der Waals surface area contributed by atoms with Gasteiger partial charge in [-0.15, -0.1) is 0 Å². The van der Waals surface area contributed by atoms with Crippen LogP contribution in [-0.2, 0) is 6.42 Å². The highest BCUT2D eigenvalue weighted by atomic mass is 16.3. The maximum atomic E-state index is 9.07. The summed E-state index contributed by atoms with van der Waals surface area (Å²) in [4.78, 5) is 0. The van der Waals surface area contributed by atoms with Crippen LogP contribution in [0.25, 0.3) is 22.2 Å². The Balaban J connectivity index is 1.48. The molecule has 2 N–H and O–H groups in total. The van der Waals surface area contributed by atoms with Crippen LogP contribution >= 0.6 is 0 Å². The molecular formula is C21H16N4O. The number of fused-ring (bicyclic) bond motifs is 2. The topological polar surface area (TPSA) is 77.6 Å². The molecule has 26 heavy (non-hydrogen) atoms. The summed E-state index contributed by atoms with van der Waals surface area (Å²) >= 11 is 0. The van der Waals surface area contributed by atoms with E-state index in [-0.39, 0.29) is 6.04 Å². The van der Waals surface area contributed by atoms with Crippen molar-refractivity contribution in [3.8, 4) is 17.3 Å². The molecular weight excluding hydrogens is 324 g/mol. The second-order valence-electron chi connectivity index (χ2n) is 6.61. The van der Waals surface area contributed by atoms with Crippen LogP contribution < -0.4 is 5.32 Å². The third kappa shape index (κ3) is 2.35. The average molecular weight is 340 g/mol. The van der Waals surface area contributed by atoms with E-state index in [9.17, 15) is 0 Å². The first-order valence-corrected chi connectivity index (χ1v) is 8.62. The minimum atomic E-state index is 0.263. The maximum absolute atomic E-state index is 9.07. The molecule has 1 aliphatic carbocycles. The molecule has 2 aromatic carbocycles. The summed E-state index contributed by atoms with van der Waals surface area (Å²) < 4.78 is 5.19. The first-order valence-electron chi connectivity index (χ1n) is 8.62. The van der Waals surface area contributed by atoms with Crippen molar-refractivity contribution >= 4 is 16.6 Å². The smallest absolute Gasteiger partial charge is 0.103 e. The Labute approximate surface area is 150 Å². The first kappa shape index (κ1) is 14.8. The van der Waals surface area contributed by atoms with Crippen LogP contribution in [0.5, 0.6) is 0 Å². The molecule has 0 aliphatic heterocycles. The number of nitrogens with one attached hydrogen (secondary N) is 2. The van der Waals surface area contributed by atoms with E-state index in [0.29, 0.717) is 0 Å². The monoisotopic (exact) mass is 340 g/mol. The van der Waals surface area contributed by atoms with Gasteiger partial charge in [-0.25, -0.2) is 0 Å². The van der Waals surface area contributed by atoms with Gasteiger partial charge in [-0.1, -0.05) is 6.07 Å². The van der Waals surface area contributed by atoms with Gasteiger partial charge in [0.15, 0.2) is 0 Å². The molecule has 0 saturated heterocycles. The number of nitrogens with zero attached hydrogens (tertiary/aromatic N) is 2. The van der Waals surface area contributed by atoms with Crippen molar-refractivity contribution in [3.63, 3.8) is 0 Å². The molecule has 0 fully saturated rings. The predicted molar refractivity (Wildman–Crippen MR) is 99.6 cm³/mol. The molecule has 5 rings (SSSR count). The number of benzene rings is 2. The van der Waals surface area contributed by atoms with Gasteiger partial charge in [0.2, 0.25) is 0 Å². The zero-order valence-electron chi connectivity index (χ0n) is 14.0.